The van der Waals surface area contributed by atoms with E-state index in [9.17, 15) is 29.6 Å². The molecule has 11 heteroatoms. The van der Waals surface area contributed by atoms with Gasteiger partial charge in [0.15, 0.2) is 5.34 Å². The van der Waals surface area contributed by atoms with E-state index < -0.39 is 48.5 Å². The van der Waals surface area contributed by atoms with Crippen molar-refractivity contribution in [2.24, 2.45) is 0 Å². The third-order valence-corrected chi connectivity index (χ3v) is 8.22. The third-order valence-electron chi connectivity index (χ3n) is 6.00. The minimum atomic E-state index is -4.44. The zero-order valence-corrected chi connectivity index (χ0v) is 20.1. The summed E-state index contributed by atoms with van der Waals surface area (Å²) in [5.41, 5.74) is -1.16. The lowest BCUT2D eigenvalue weighted by atomic mass is 9.92. The van der Waals surface area contributed by atoms with E-state index in [-0.39, 0.29) is 36.3 Å². The van der Waals surface area contributed by atoms with Gasteiger partial charge in [0.2, 0.25) is 0 Å². The van der Waals surface area contributed by atoms with Crippen LogP contribution in [0, 0.1) is 18.8 Å². The molecule has 0 aromatic carbocycles. The monoisotopic (exact) mass is 472 g/mol. The van der Waals surface area contributed by atoms with Gasteiger partial charge in [-0.2, -0.15) is 0 Å². The molecule has 1 aliphatic heterocycles. The molecular weight excluding hydrogens is 439 g/mol. The van der Waals surface area contributed by atoms with E-state index in [1.807, 2.05) is 0 Å². The van der Waals surface area contributed by atoms with Gasteiger partial charge in [-0.25, -0.2) is 4.98 Å². The Morgan fingerprint density at radius 2 is 1.88 bits per heavy atom. The Morgan fingerprint density at radius 1 is 1.25 bits per heavy atom. The van der Waals surface area contributed by atoms with Crippen LogP contribution in [-0.2, 0) is 13.8 Å². The Morgan fingerprint density at radius 3 is 2.41 bits per heavy atom. The number of H-pyrrole nitrogens is 1. The first-order chi connectivity index (χ1) is 14.7. The molecule has 2 rings (SSSR count). The molecule has 5 N–H and O–H groups in total. The van der Waals surface area contributed by atoms with Crippen LogP contribution >= 0.6 is 7.60 Å². The number of nitrogens with one attached hydrogen (secondary N) is 1. The average molecular weight is 472 g/mol. The van der Waals surface area contributed by atoms with Gasteiger partial charge in [-0.3, -0.25) is 9.36 Å². The Balaban J connectivity index is 2.34. The van der Waals surface area contributed by atoms with E-state index in [4.69, 9.17) is 9.26 Å². The van der Waals surface area contributed by atoms with Gasteiger partial charge in [0.25, 0.3) is 5.56 Å². The van der Waals surface area contributed by atoms with Crippen molar-refractivity contribution in [1.82, 2.24) is 9.97 Å². The van der Waals surface area contributed by atoms with E-state index in [1.54, 1.807) is 27.7 Å². The van der Waals surface area contributed by atoms with Crippen molar-refractivity contribution >= 4 is 7.60 Å². The van der Waals surface area contributed by atoms with Crippen LogP contribution in [0.2, 0.25) is 0 Å². The molecule has 1 aromatic rings. The van der Waals surface area contributed by atoms with E-state index in [1.165, 1.54) is 13.8 Å². The molecule has 32 heavy (non-hydrogen) atoms. The Labute approximate surface area is 187 Å². The molecule has 1 fully saturated rings. The third kappa shape index (κ3) is 5.32. The van der Waals surface area contributed by atoms with Crippen LogP contribution in [0.4, 0.5) is 0 Å². The molecule has 0 saturated carbocycles. The van der Waals surface area contributed by atoms with Crippen LogP contribution in [0.1, 0.15) is 77.1 Å². The largest absolute Gasteiger partial charge is 0.388 e. The number of nitrogens with zero attached hydrogens (tertiary/aromatic N) is 1. The normalized spacial score (nSPS) is 28.8. The van der Waals surface area contributed by atoms with Crippen LogP contribution in [0.15, 0.2) is 4.79 Å². The first kappa shape index (κ1) is 26.7. The zero-order valence-electron chi connectivity index (χ0n) is 19.2. The van der Waals surface area contributed by atoms with Gasteiger partial charge in [-0.1, -0.05) is 19.8 Å². The average Bonchev–Trinajstić information content (AvgIpc) is 2.98. The SMILES string of the molecule is CC#Cc1[nH]c(=O)c(C)nc1C1OC(CC(C)(CC)OP(=O)(O)C(C)(O)CC)C(O)C1O. The van der Waals surface area contributed by atoms with Crippen molar-refractivity contribution in [2.75, 3.05) is 0 Å². The summed E-state index contributed by atoms with van der Waals surface area (Å²) < 4.78 is 24.1. The summed E-state index contributed by atoms with van der Waals surface area (Å²) in [5, 5.41) is 29.7. The number of aryl methyl sites for hydroxylation is 1. The van der Waals surface area contributed by atoms with Gasteiger partial charge in [0.05, 0.1) is 11.7 Å². The van der Waals surface area contributed by atoms with E-state index in [0.29, 0.717) is 0 Å². The Bertz CT molecular complexity index is 998. The van der Waals surface area contributed by atoms with Gasteiger partial charge < -0.3 is 34.5 Å². The molecule has 0 amide bonds. The van der Waals surface area contributed by atoms with E-state index in [0.717, 1.165) is 0 Å². The van der Waals surface area contributed by atoms with Gasteiger partial charge in [0, 0.05) is 6.42 Å². The number of hydrogen-bond acceptors (Lipinski definition) is 8. The van der Waals surface area contributed by atoms with Crippen molar-refractivity contribution in [3.05, 3.63) is 27.4 Å². The van der Waals surface area contributed by atoms with E-state index >= 15 is 0 Å². The van der Waals surface area contributed by atoms with Crippen molar-refractivity contribution < 1.29 is 34.0 Å². The minimum Gasteiger partial charge on any atom is -0.388 e. The van der Waals surface area contributed by atoms with Crippen molar-refractivity contribution in [3.8, 4) is 11.8 Å². The fraction of sp³-hybridized carbons (Fsp3) is 0.714. The lowest BCUT2D eigenvalue weighted by Crippen LogP contribution is -2.40. The number of aromatic nitrogens is 2. The molecular formula is C21H33N2O8P. The Hall–Kier alpha value is -1.57. The van der Waals surface area contributed by atoms with Gasteiger partial charge in [0.1, 0.15) is 35.4 Å². The van der Waals surface area contributed by atoms with Gasteiger partial charge in [-0.15, -0.1) is 0 Å². The summed E-state index contributed by atoms with van der Waals surface area (Å²) in [7, 11) is -4.44. The highest BCUT2D eigenvalue weighted by atomic mass is 31.2. The maximum Gasteiger partial charge on any atom is 0.359 e. The highest BCUT2D eigenvalue weighted by molar-refractivity contribution is 7.54. The molecule has 1 saturated heterocycles. The fourth-order valence-corrected chi connectivity index (χ4v) is 4.79. The first-order valence-electron chi connectivity index (χ1n) is 10.5. The molecule has 0 spiro atoms. The molecule has 180 valence electrons. The second kappa shape index (κ2) is 9.74. The number of rotatable bonds is 8. The lowest BCUT2D eigenvalue weighted by molar-refractivity contribution is -0.0538. The van der Waals surface area contributed by atoms with Crippen LogP contribution in [0.3, 0.4) is 0 Å². The summed E-state index contributed by atoms with van der Waals surface area (Å²) in [4.78, 5) is 29.1. The second-order valence-electron chi connectivity index (χ2n) is 8.55. The van der Waals surface area contributed by atoms with Crippen LogP contribution < -0.4 is 5.56 Å². The lowest BCUT2D eigenvalue weighted by Gasteiger charge is -2.37. The zero-order chi connectivity index (χ0) is 24.5. The molecule has 0 bridgehead atoms. The van der Waals surface area contributed by atoms with Crippen LogP contribution in [0.5, 0.6) is 0 Å². The summed E-state index contributed by atoms with van der Waals surface area (Å²) in [6.07, 6.45) is -4.55. The topological polar surface area (TPSA) is 162 Å². The summed E-state index contributed by atoms with van der Waals surface area (Å²) in [5.74, 6) is 5.38. The molecule has 7 unspecified atom stereocenters. The predicted octanol–water partition coefficient (Wildman–Crippen LogP) is 1.49. The van der Waals surface area contributed by atoms with E-state index in [2.05, 4.69) is 21.8 Å². The molecule has 1 aliphatic rings. The smallest absolute Gasteiger partial charge is 0.359 e. The van der Waals surface area contributed by atoms with Gasteiger partial charge >= 0.3 is 7.60 Å². The standard InChI is InChI=1S/C21H33N2O8P/c1-7-10-13-15(22-12(4)19(26)23-13)18-17(25)16(24)14(30-18)11-20(5,8-2)31-32(28,29)21(6,27)9-3/h14,16-18,24-25,27H,8-9,11H2,1-6H3,(H,23,26)(H,28,29). The van der Waals surface area contributed by atoms with Crippen LogP contribution in [-0.4, -0.2) is 59.4 Å². The Kier molecular flexibility index (Phi) is 8.12. The number of aliphatic hydroxyl groups excluding tert-OH is 2. The molecule has 7 atom stereocenters. The molecule has 1 aromatic heterocycles. The summed E-state index contributed by atoms with van der Waals surface area (Å²) in [6, 6.07) is 0. The van der Waals surface area contributed by atoms with Gasteiger partial charge in [-0.05, 0) is 46.5 Å². The quantitative estimate of drug-likeness (QED) is 0.279. The summed E-state index contributed by atoms with van der Waals surface area (Å²) in [6.45, 7) is 9.18. The number of aromatic amines is 1. The second-order valence-corrected chi connectivity index (χ2v) is 10.7. The highest BCUT2D eigenvalue weighted by Gasteiger charge is 2.51. The molecule has 10 nitrogen and oxygen atoms in total. The number of aliphatic hydroxyl groups is 3. The van der Waals surface area contributed by atoms with Crippen molar-refractivity contribution in [3.63, 3.8) is 0 Å². The molecule has 2 heterocycles. The molecule has 0 aliphatic carbocycles. The minimum absolute atomic E-state index is 0.00237. The number of hydrogen-bond donors (Lipinski definition) is 5. The molecule has 0 radical (unpaired) electrons. The van der Waals surface area contributed by atoms with Crippen LogP contribution in [0.25, 0.3) is 0 Å². The first-order valence-corrected chi connectivity index (χ1v) is 12.1. The highest BCUT2D eigenvalue weighted by Crippen LogP contribution is 2.59. The summed E-state index contributed by atoms with van der Waals surface area (Å²) >= 11 is 0. The van der Waals surface area contributed by atoms with Crippen molar-refractivity contribution in [1.29, 1.82) is 0 Å². The maximum atomic E-state index is 12.7. The number of ether oxygens (including phenoxy) is 1. The maximum absolute atomic E-state index is 12.7. The predicted molar refractivity (Wildman–Crippen MR) is 117 cm³/mol. The fourth-order valence-electron chi connectivity index (χ4n) is 3.39. The van der Waals surface area contributed by atoms with Crippen molar-refractivity contribution in [2.45, 2.75) is 96.2 Å².